The highest BCUT2D eigenvalue weighted by atomic mass is 19.4. The summed E-state index contributed by atoms with van der Waals surface area (Å²) < 4.78 is 40.4. The summed E-state index contributed by atoms with van der Waals surface area (Å²) in [6.45, 7) is 0. The number of carbonyl (C=O) groups excluding carboxylic acids is 3. The highest BCUT2D eigenvalue weighted by molar-refractivity contribution is 6.38. The number of nitrogens with zero attached hydrogens (tertiary/aromatic N) is 3. The maximum atomic E-state index is 13.0. The summed E-state index contributed by atoms with van der Waals surface area (Å²) in [7, 11) is 1.48. The summed E-state index contributed by atoms with van der Waals surface area (Å²) in [4.78, 5) is 40.2. The second-order valence-electron chi connectivity index (χ2n) is 6.92. The van der Waals surface area contributed by atoms with Gasteiger partial charge in [-0.2, -0.15) is 18.3 Å². The fraction of sp³-hybridized carbons (Fsp3) is 0.190. The molecule has 3 N–H and O–H groups in total. The number of benzene rings is 1. The predicted octanol–water partition coefficient (Wildman–Crippen LogP) is 1.90. The number of aromatic nitrogens is 3. The molecule has 0 aliphatic rings. The Morgan fingerprint density at radius 2 is 1.78 bits per heavy atom. The third kappa shape index (κ3) is 5.17. The van der Waals surface area contributed by atoms with Crippen LogP contribution in [0.3, 0.4) is 0 Å². The van der Waals surface area contributed by atoms with E-state index in [1.807, 2.05) is 0 Å². The number of pyridine rings is 1. The monoisotopic (exact) mass is 445 g/mol. The Balaban J connectivity index is 1.93. The van der Waals surface area contributed by atoms with Gasteiger partial charge in [-0.05, 0) is 17.7 Å². The van der Waals surface area contributed by atoms with Crippen molar-refractivity contribution in [3.63, 3.8) is 0 Å². The van der Waals surface area contributed by atoms with Crippen LogP contribution in [0.25, 0.3) is 11.4 Å². The van der Waals surface area contributed by atoms with Crippen LogP contribution in [0.15, 0.2) is 54.7 Å². The zero-order valence-electron chi connectivity index (χ0n) is 16.8. The van der Waals surface area contributed by atoms with Crippen molar-refractivity contribution in [1.82, 2.24) is 20.1 Å². The standard InChI is InChI=1S/C21H18F3N5O3/c1-29-11-13(17(28-29)14-8-5-9-16(26-14)21(22,23)24)20(32)27-15(18(30)19(25)31)10-12-6-3-2-4-7-12/h2-9,11,15H,10H2,1H3,(H2,25,31)(H,27,32). The third-order valence-electron chi connectivity index (χ3n) is 4.50. The third-order valence-corrected chi connectivity index (χ3v) is 4.50. The van der Waals surface area contributed by atoms with Crippen molar-refractivity contribution >= 4 is 17.6 Å². The van der Waals surface area contributed by atoms with Gasteiger partial charge >= 0.3 is 6.18 Å². The normalized spacial score (nSPS) is 12.2. The molecule has 0 spiro atoms. The summed E-state index contributed by atoms with van der Waals surface area (Å²) >= 11 is 0. The number of ketones is 1. The Hall–Kier alpha value is -4.02. The number of alkyl halides is 3. The summed E-state index contributed by atoms with van der Waals surface area (Å²) in [5.74, 6) is -3.05. The van der Waals surface area contributed by atoms with Crippen LogP contribution < -0.4 is 11.1 Å². The highest BCUT2D eigenvalue weighted by Gasteiger charge is 2.33. The maximum Gasteiger partial charge on any atom is 0.433 e. The van der Waals surface area contributed by atoms with Crippen molar-refractivity contribution in [2.75, 3.05) is 0 Å². The molecule has 0 bridgehead atoms. The topological polar surface area (TPSA) is 120 Å². The van der Waals surface area contributed by atoms with E-state index in [0.29, 0.717) is 5.56 Å². The summed E-state index contributed by atoms with van der Waals surface area (Å²) in [6, 6.07) is 10.6. The SMILES string of the molecule is Cn1cc(C(=O)NC(Cc2ccccc2)C(=O)C(N)=O)c(-c2cccc(C(F)(F)F)n2)n1. The van der Waals surface area contributed by atoms with E-state index in [-0.39, 0.29) is 23.4 Å². The van der Waals surface area contributed by atoms with E-state index in [4.69, 9.17) is 5.73 Å². The molecule has 1 aromatic carbocycles. The van der Waals surface area contributed by atoms with E-state index in [2.05, 4.69) is 15.4 Å². The molecule has 0 aliphatic carbocycles. The molecule has 1 unspecified atom stereocenters. The number of nitrogens with one attached hydrogen (secondary N) is 1. The van der Waals surface area contributed by atoms with Gasteiger partial charge in [-0.15, -0.1) is 0 Å². The van der Waals surface area contributed by atoms with E-state index >= 15 is 0 Å². The lowest BCUT2D eigenvalue weighted by molar-refractivity contribution is -0.141. The van der Waals surface area contributed by atoms with Crippen molar-refractivity contribution < 1.29 is 27.6 Å². The number of primary amides is 1. The molecule has 0 saturated carbocycles. The van der Waals surface area contributed by atoms with Gasteiger partial charge in [0.15, 0.2) is 0 Å². The van der Waals surface area contributed by atoms with Crippen molar-refractivity contribution in [2.24, 2.45) is 12.8 Å². The van der Waals surface area contributed by atoms with E-state index in [0.717, 1.165) is 12.1 Å². The van der Waals surface area contributed by atoms with Crippen LogP contribution in [0.1, 0.15) is 21.6 Å². The van der Waals surface area contributed by atoms with Crippen LogP contribution in [0, 0.1) is 0 Å². The number of carbonyl (C=O) groups is 3. The van der Waals surface area contributed by atoms with Gasteiger partial charge in [-0.3, -0.25) is 19.1 Å². The van der Waals surface area contributed by atoms with E-state index < -0.39 is 35.5 Å². The van der Waals surface area contributed by atoms with Gasteiger partial charge in [0.1, 0.15) is 17.4 Å². The molecular formula is C21H18F3N5O3. The molecule has 8 nitrogen and oxygen atoms in total. The molecule has 0 fully saturated rings. The number of nitrogens with two attached hydrogens (primary N) is 1. The van der Waals surface area contributed by atoms with E-state index in [1.54, 1.807) is 30.3 Å². The summed E-state index contributed by atoms with van der Waals surface area (Å²) in [5.41, 5.74) is 4.24. The lowest BCUT2D eigenvalue weighted by Crippen LogP contribution is -2.47. The van der Waals surface area contributed by atoms with Crippen LogP contribution in [-0.2, 0) is 29.2 Å². The van der Waals surface area contributed by atoms with E-state index in [9.17, 15) is 27.6 Å². The van der Waals surface area contributed by atoms with Gasteiger partial charge in [0, 0.05) is 19.7 Å². The first-order valence-electron chi connectivity index (χ1n) is 9.33. The number of Topliss-reactive ketones (excluding diaryl/α,β-unsaturated/α-hetero) is 1. The van der Waals surface area contributed by atoms with Gasteiger partial charge in [0.25, 0.3) is 11.8 Å². The van der Waals surface area contributed by atoms with E-state index in [1.165, 1.54) is 24.0 Å². The Labute approximate surface area is 180 Å². The smallest absolute Gasteiger partial charge is 0.363 e. The minimum Gasteiger partial charge on any atom is -0.363 e. The Morgan fingerprint density at radius 1 is 1.09 bits per heavy atom. The Morgan fingerprint density at radius 3 is 2.41 bits per heavy atom. The molecule has 2 aromatic heterocycles. The van der Waals surface area contributed by atoms with Gasteiger partial charge in [0.05, 0.1) is 11.3 Å². The van der Waals surface area contributed by atoms with Gasteiger partial charge in [0.2, 0.25) is 5.78 Å². The maximum absolute atomic E-state index is 13.0. The van der Waals surface area contributed by atoms with Crippen LogP contribution in [0.2, 0.25) is 0 Å². The lowest BCUT2D eigenvalue weighted by atomic mass is 10.0. The van der Waals surface area contributed by atoms with Gasteiger partial charge in [-0.1, -0.05) is 36.4 Å². The molecule has 166 valence electrons. The Bertz CT molecular complexity index is 1160. The predicted molar refractivity (Wildman–Crippen MR) is 107 cm³/mol. The van der Waals surface area contributed by atoms with Crippen LogP contribution in [0.5, 0.6) is 0 Å². The van der Waals surface area contributed by atoms with Gasteiger partial charge in [-0.25, -0.2) is 4.98 Å². The van der Waals surface area contributed by atoms with Crippen LogP contribution >= 0.6 is 0 Å². The second-order valence-corrected chi connectivity index (χ2v) is 6.92. The number of amides is 2. The fourth-order valence-corrected chi connectivity index (χ4v) is 3.04. The summed E-state index contributed by atoms with van der Waals surface area (Å²) in [5, 5.41) is 6.48. The fourth-order valence-electron chi connectivity index (χ4n) is 3.04. The average molecular weight is 445 g/mol. The molecule has 0 saturated heterocycles. The van der Waals surface area contributed by atoms with Crippen LogP contribution in [-0.4, -0.2) is 38.4 Å². The van der Waals surface area contributed by atoms with Gasteiger partial charge < -0.3 is 11.1 Å². The molecule has 2 amide bonds. The number of rotatable bonds is 7. The second kappa shape index (κ2) is 9.00. The quantitative estimate of drug-likeness (QED) is 0.539. The molecule has 32 heavy (non-hydrogen) atoms. The molecule has 11 heteroatoms. The molecule has 3 rings (SSSR count). The minimum atomic E-state index is -4.68. The molecular weight excluding hydrogens is 427 g/mol. The molecule has 0 radical (unpaired) electrons. The molecule has 2 heterocycles. The average Bonchev–Trinajstić information content (AvgIpc) is 3.15. The number of halogens is 3. The zero-order valence-corrected chi connectivity index (χ0v) is 16.8. The number of hydrogen-bond acceptors (Lipinski definition) is 5. The minimum absolute atomic E-state index is 0.00818. The summed E-state index contributed by atoms with van der Waals surface area (Å²) in [6.07, 6.45) is -3.41. The molecule has 3 aromatic rings. The lowest BCUT2D eigenvalue weighted by Gasteiger charge is -2.16. The zero-order chi connectivity index (χ0) is 23.5. The first-order chi connectivity index (χ1) is 15.1. The first-order valence-corrected chi connectivity index (χ1v) is 9.33. The highest BCUT2D eigenvalue weighted by Crippen LogP contribution is 2.30. The van der Waals surface area contributed by atoms with Crippen molar-refractivity contribution in [3.05, 3.63) is 71.5 Å². The number of aryl methyl sites for hydroxylation is 1. The van der Waals surface area contributed by atoms with Crippen molar-refractivity contribution in [1.29, 1.82) is 0 Å². The number of hydrogen-bond donors (Lipinski definition) is 2. The van der Waals surface area contributed by atoms with Crippen LogP contribution in [0.4, 0.5) is 13.2 Å². The van der Waals surface area contributed by atoms with Crippen molar-refractivity contribution in [3.8, 4) is 11.4 Å². The van der Waals surface area contributed by atoms with Crippen molar-refractivity contribution in [2.45, 2.75) is 18.6 Å². The largest absolute Gasteiger partial charge is 0.433 e. The molecule has 0 aliphatic heterocycles. The first kappa shape index (κ1) is 22.7. The Kier molecular flexibility index (Phi) is 6.37. The molecule has 1 atom stereocenters.